The second-order valence-electron chi connectivity index (χ2n) is 7.37. The van der Waals surface area contributed by atoms with E-state index in [2.05, 4.69) is 5.32 Å². The molecular weight excluding hydrogens is 370 g/mol. The molecule has 0 unspecified atom stereocenters. The molecule has 2 aromatic carbocycles. The standard InChI is InChI=1S/C22H21N3O4/c26-21(23-14-8-9-19-20(12-14)29-11-10-28-19)13-25-18-7-2-1-5-17(18)24-16-6-3-4-15(16)22(25)27/h1-2,5,7-9,12,15H,3-4,6,10-11,13H2,(H,23,26)/t15-/m0/s1. The van der Waals surface area contributed by atoms with Crippen LogP contribution in [0.2, 0.25) is 0 Å². The van der Waals surface area contributed by atoms with Gasteiger partial charge in [0.1, 0.15) is 19.8 Å². The fourth-order valence-electron chi connectivity index (χ4n) is 4.10. The average molecular weight is 391 g/mol. The Morgan fingerprint density at radius 1 is 1.14 bits per heavy atom. The van der Waals surface area contributed by atoms with Gasteiger partial charge in [-0.25, -0.2) is 0 Å². The van der Waals surface area contributed by atoms with Crippen LogP contribution in [0.3, 0.4) is 0 Å². The second-order valence-corrected chi connectivity index (χ2v) is 7.37. The van der Waals surface area contributed by atoms with Gasteiger partial charge in [0.05, 0.1) is 17.3 Å². The molecule has 148 valence electrons. The molecule has 0 aromatic heterocycles. The zero-order valence-corrected chi connectivity index (χ0v) is 15.9. The lowest BCUT2D eigenvalue weighted by molar-refractivity contribution is -0.122. The first kappa shape index (κ1) is 17.7. The number of fused-ring (bicyclic) bond motifs is 3. The van der Waals surface area contributed by atoms with Gasteiger partial charge in [-0.1, -0.05) is 12.1 Å². The van der Waals surface area contributed by atoms with Gasteiger partial charge in [0.15, 0.2) is 11.5 Å². The van der Waals surface area contributed by atoms with Crippen LogP contribution < -0.4 is 19.7 Å². The smallest absolute Gasteiger partial charge is 0.244 e. The lowest BCUT2D eigenvalue weighted by atomic mass is 10.1. The van der Waals surface area contributed by atoms with Crippen molar-refractivity contribution in [2.24, 2.45) is 10.9 Å². The molecule has 1 aliphatic carbocycles. The van der Waals surface area contributed by atoms with Crippen molar-refractivity contribution in [2.75, 3.05) is 30.0 Å². The fraction of sp³-hybridized carbons (Fsp3) is 0.318. The van der Waals surface area contributed by atoms with Crippen molar-refractivity contribution < 1.29 is 19.1 Å². The summed E-state index contributed by atoms with van der Waals surface area (Å²) in [6.45, 7) is 0.928. The van der Waals surface area contributed by atoms with Gasteiger partial charge >= 0.3 is 0 Å². The first-order valence-electron chi connectivity index (χ1n) is 9.86. The largest absolute Gasteiger partial charge is 0.486 e. The van der Waals surface area contributed by atoms with Gasteiger partial charge in [0.25, 0.3) is 0 Å². The number of nitrogens with one attached hydrogen (secondary N) is 1. The van der Waals surface area contributed by atoms with Crippen molar-refractivity contribution in [1.82, 2.24) is 0 Å². The van der Waals surface area contributed by atoms with Gasteiger partial charge in [0, 0.05) is 17.5 Å². The minimum absolute atomic E-state index is 0.0523. The van der Waals surface area contributed by atoms with Gasteiger partial charge in [-0.3, -0.25) is 14.6 Å². The summed E-state index contributed by atoms with van der Waals surface area (Å²) >= 11 is 0. The zero-order valence-electron chi connectivity index (χ0n) is 15.9. The summed E-state index contributed by atoms with van der Waals surface area (Å²) in [7, 11) is 0. The summed E-state index contributed by atoms with van der Waals surface area (Å²) < 4.78 is 11.1. The molecule has 0 saturated heterocycles. The Balaban J connectivity index is 1.38. The van der Waals surface area contributed by atoms with Crippen molar-refractivity contribution >= 4 is 34.6 Å². The monoisotopic (exact) mass is 391 g/mol. The molecule has 0 spiro atoms. The van der Waals surface area contributed by atoms with Crippen molar-refractivity contribution in [1.29, 1.82) is 0 Å². The summed E-state index contributed by atoms with van der Waals surface area (Å²) in [5, 5.41) is 2.87. The van der Waals surface area contributed by atoms with Crippen molar-refractivity contribution in [3.8, 4) is 11.5 Å². The molecule has 0 bridgehead atoms. The maximum absolute atomic E-state index is 13.2. The van der Waals surface area contributed by atoms with Gasteiger partial charge in [-0.05, 0) is 43.5 Å². The number of benzene rings is 2. The lowest BCUT2D eigenvalue weighted by Gasteiger charge is -2.24. The van der Waals surface area contributed by atoms with E-state index in [9.17, 15) is 9.59 Å². The number of anilines is 2. The SMILES string of the molecule is O=C(CN1C(=O)[C@H]2CCCC2=Nc2ccccc21)Nc1ccc2c(c1)OCCO2. The molecule has 7 heteroatoms. The van der Waals surface area contributed by atoms with Gasteiger partial charge in [0.2, 0.25) is 11.8 Å². The van der Waals surface area contributed by atoms with E-state index in [0.717, 1.165) is 30.7 Å². The molecule has 1 fully saturated rings. The van der Waals surface area contributed by atoms with Crippen LogP contribution in [-0.2, 0) is 9.59 Å². The van der Waals surface area contributed by atoms with Crippen LogP contribution in [0, 0.1) is 5.92 Å². The number of ether oxygens (including phenoxy) is 2. The predicted octanol–water partition coefficient (Wildman–Crippen LogP) is 3.32. The summed E-state index contributed by atoms with van der Waals surface area (Å²) in [5.41, 5.74) is 2.95. The average Bonchev–Trinajstić information content (AvgIpc) is 3.16. The Morgan fingerprint density at radius 2 is 1.97 bits per heavy atom. The number of para-hydroxylation sites is 2. The first-order valence-corrected chi connectivity index (χ1v) is 9.86. The number of hydrogen-bond acceptors (Lipinski definition) is 5. The van der Waals surface area contributed by atoms with E-state index in [4.69, 9.17) is 14.5 Å². The third-order valence-electron chi connectivity index (χ3n) is 5.46. The highest BCUT2D eigenvalue weighted by atomic mass is 16.6. The summed E-state index contributed by atoms with van der Waals surface area (Å²) in [5.74, 6) is 0.713. The van der Waals surface area contributed by atoms with Crippen LogP contribution in [0.15, 0.2) is 47.5 Å². The molecule has 7 nitrogen and oxygen atoms in total. The van der Waals surface area contributed by atoms with E-state index < -0.39 is 0 Å². The Labute approximate surface area is 168 Å². The van der Waals surface area contributed by atoms with Crippen molar-refractivity contribution in [3.63, 3.8) is 0 Å². The molecule has 2 aromatic rings. The molecule has 2 heterocycles. The maximum atomic E-state index is 13.2. The van der Waals surface area contributed by atoms with E-state index in [0.29, 0.717) is 36.1 Å². The Kier molecular flexibility index (Phi) is 4.42. The highest BCUT2D eigenvalue weighted by Gasteiger charge is 2.37. The Hall–Kier alpha value is -3.35. The van der Waals surface area contributed by atoms with E-state index in [1.54, 1.807) is 23.1 Å². The van der Waals surface area contributed by atoms with Crippen LogP contribution in [0.1, 0.15) is 19.3 Å². The number of amides is 2. The molecule has 2 amide bonds. The van der Waals surface area contributed by atoms with Crippen molar-refractivity contribution in [3.05, 3.63) is 42.5 Å². The molecule has 5 rings (SSSR count). The molecule has 3 aliphatic rings. The predicted molar refractivity (Wildman–Crippen MR) is 109 cm³/mol. The van der Waals surface area contributed by atoms with E-state index in [-0.39, 0.29) is 24.3 Å². The highest BCUT2D eigenvalue weighted by molar-refractivity contribution is 6.16. The number of nitrogens with zero attached hydrogens (tertiary/aromatic N) is 2. The fourth-order valence-corrected chi connectivity index (χ4v) is 4.10. The molecule has 29 heavy (non-hydrogen) atoms. The minimum atomic E-state index is -0.272. The maximum Gasteiger partial charge on any atom is 0.244 e. The molecule has 2 aliphatic heterocycles. The molecule has 1 atom stereocenters. The summed E-state index contributed by atoms with van der Waals surface area (Å²) in [6.07, 6.45) is 2.57. The lowest BCUT2D eigenvalue weighted by Crippen LogP contribution is -2.41. The molecular formula is C22H21N3O4. The molecule has 0 radical (unpaired) electrons. The van der Waals surface area contributed by atoms with Crippen LogP contribution in [0.4, 0.5) is 17.1 Å². The zero-order chi connectivity index (χ0) is 19.8. The van der Waals surface area contributed by atoms with Crippen LogP contribution in [0.25, 0.3) is 0 Å². The van der Waals surface area contributed by atoms with E-state index in [1.807, 2.05) is 24.3 Å². The summed E-state index contributed by atoms with van der Waals surface area (Å²) in [6, 6.07) is 12.8. The quantitative estimate of drug-likeness (QED) is 0.870. The normalized spacial score (nSPS) is 19.7. The molecule has 1 N–H and O–H groups in total. The number of carbonyl (C=O) groups is 2. The van der Waals surface area contributed by atoms with Gasteiger partial charge < -0.3 is 19.7 Å². The number of carbonyl (C=O) groups excluding carboxylic acids is 2. The number of hydrogen-bond donors (Lipinski definition) is 1. The topological polar surface area (TPSA) is 80.2 Å². The second kappa shape index (κ2) is 7.24. The minimum Gasteiger partial charge on any atom is -0.486 e. The molecule has 1 saturated carbocycles. The number of aliphatic imine (C=N–C) groups is 1. The Morgan fingerprint density at radius 3 is 2.86 bits per heavy atom. The Bertz CT molecular complexity index is 1020. The van der Waals surface area contributed by atoms with Gasteiger partial charge in [-0.2, -0.15) is 0 Å². The summed E-state index contributed by atoms with van der Waals surface area (Å²) in [4.78, 5) is 32.3. The van der Waals surface area contributed by atoms with E-state index in [1.165, 1.54) is 0 Å². The third kappa shape index (κ3) is 3.33. The van der Waals surface area contributed by atoms with E-state index >= 15 is 0 Å². The van der Waals surface area contributed by atoms with Gasteiger partial charge in [-0.15, -0.1) is 0 Å². The van der Waals surface area contributed by atoms with Crippen molar-refractivity contribution in [2.45, 2.75) is 19.3 Å². The van der Waals surface area contributed by atoms with Crippen LogP contribution >= 0.6 is 0 Å². The highest BCUT2D eigenvalue weighted by Crippen LogP contribution is 2.38. The number of rotatable bonds is 3. The van der Waals surface area contributed by atoms with Crippen LogP contribution in [0.5, 0.6) is 11.5 Å². The first-order chi connectivity index (χ1) is 14.2. The van der Waals surface area contributed by atoms with Crippen LogP contribution in [-0.4, -0.2) is 37.3 Å². The third-order valence-corrected chi connectivity index (χ3v) is 5.46.